The highest BCUT2D eigenvalue weighted by Crippen LogP contribution is 2.33. The third-order valence-corrected chi connectivity index (χ3v) is 7.30. The van der Waals surface area contributed by atoms with Crippen LogP contribution in [0.15, 0.2) is 42.6 Å². The van der Waals surface area contributed by atoms with Crippen molar-refractivity contribution in [2.45, 2.75) is 45.2 Å². The lowest BCUT2D eigenvalue weighted by molar-refractivity contribution is -0.111. The zero-order chi connectivity index (χ0) is 27.5. The van der Waals surface area contributed by atoms with Crippen LogP contribution in [0.5, 0.6) is 0 Å². The minimum atomic E-state index is -0.186. The number of halogens is 1. The fraction of sp³-hybridized carbons (Fsp3) is 0.370. The van der Waals surface area contributed by atoms with E-state index in [4.69, 9.17) is 11.6 Å². The maximum absolute atomic E-state index is 11.3. The number of thiazole rings is 1. The molecule has 0 saturated heterocycles. The number of benzene rings is 1. The van der Waals surface area contributed by atoms with Gasteiger partial charge in [0.05, 0.1) is 26.8 Å². The van der Waals surface area contributed by atoms with Crippen LogP contribution in [0, 0.1) is 13.8 Å². The summed E-state index contributed by atoms with van der Waals surface area (Å²) >= 11 is 7.90. The van der Waals surface area contributed by atoms with Crippen LogP contribution in [0.4, 0.5) is 11.6 Å². The standard InChI is InChI=1S/C15H20ClN5S.C12H14N2O2/c1-8-14(22-9(2)19-8)13-12(16)7-18-15(21-13)20-11-5-4-10(6-11)17-3;1-13-8-2-3-12(16)14-11-6-4-10(9-15)5-7-11/h7,10-11,17H,4-6H2,1-3H3,(H,18,20,21);2-7,9,13H,8H2,1H3,(H,14,16)/b;3-2+. The van der Waals surface area contributed by atoms with Gasteiger partial charge < -0.3 is 21.3 Å². The minimum absolute atomic E-state index is 0.186. The normalized spacial score (nSPS) is 16.7. The van der Waals surface area contributed by atoms with E-state index in [0.29, 0.717) is 40.9 Å². The molecule has 4 rings (SSSR count). The molecule has 38 heavy (non-hydrogen) atoms. The molecule has 1 saturated carbocycles. The van der Waals surface area contributed by atoms with E-state index in [0.717, 1.165) is 40.4 Å². The van der Waals surface area contributed by atoms with Crippen LogP contribution in [0.2, 0.25) is 5.02 Å². The van der Waals surface area contributed by atoms with E-state index < -0.39 is 0 Å². The summed E-state index contributed by atoms with van der Waals surface area (Å²) in [5.41, 5.74) is 2.99. The monoisotopic (exact) mass is 555 g/mol. The smallest absolute Gasteiger partial charge is 0.248 e. The Labute approximate surface area is 232 Å². The van der Waals surface area contributed by atoms with Gasteiger partial charge in [0.1, 0.15) is 12.0 Å². The number of aldehydes is 1. The molecule has 0 aliphatic heterocycles. The molecule has 1 fully saturated rings. The maximum atomic E-state index is 11.3. The highest BCUT2D eigenvalue weighted by Gasteiger charge is 2.24. The first kappa shape index (κ1) is 29.4. The van der Waals surface area contributed by atoms with Crippen molar-refractivity contribution in [1.29, 1.82) is 0 Å². The van der Waals surface area contributed by atoms with E-state index in [1.165, 1.54) is 12.5 Å². The lowest BCUT2D eigenvalue weighted by Crippen LogP contribution is -2.25. The Hall–Kier alpha value is -3.18. The lowest BCUT2D eigenvalue weighted by atomic mass is 10.2. The maximum Gasteiger partial charge on any atom is 0.248 e. The molecule has 1 aliphatic carbocycles. The average Bonchev–Trinajstić information content (AvgIpc) is 3.51. The fourth-order valence-corrected chi connectivity index (χ4v) is 5.18. The fourth-order valence-electron chi connectivity index (χ4n) is 4.02. The van der Waals surface area contributed by atoms with Gasteiger partial charge in [0.25, 0.3) is 0 Å². The number of nitrogens with one attached hydrogen (secondary N) is 4. The summed E-state index contributed by atoms with van der Waals surface area (Å²) < 4.78 is 0. The molecule has 2 unspecified atom stereocenters. The van der Waals surface area contributed by atoms with Crippen molar-refractivity contribution in [1.82, 2.24) is 25.6 Å². The summed E-state index contributed by atoms with van der Waals surface area (Å²) in [6, 6.07) is 7.67. The van der Waals surface area contributed by atoms with Crippen LogP contribution in [0.25, 0.3) is 10.6 Å². The van der Waals surface area contributed by atoms with E-state index >= 15 is 0 Å². The molecule has 1 aliphatic rings. The Morgan fingerprint density at radius 1 is 1.13 bits per heavy atom. The van der Waals surface area contributed by atoms with Gasteiger partial charge in [0.2, 0.25) is 11.9 Å². The Kier molecular flexibility index (Phi) is 11.3. The van der Waals surface area contributed by atoms with Crippen LogP contribution in [-0.4, -0.2) is 59.9 Å². The Morgan fingerprint density at radius 2 is 1.87 bits per heavy atom. The highest BCUT2D eigenvalue weighted by molar-refractivity contribution is 7.15. The average molecular weight is 556 g/mol. The van der Waals surface area contributed by atoms with E-state index in [9.17, 15) is 9.59 Å². The quantitative estimate of drug-likeness (QED) is 0.223. The summed E-state index contributed by atoms with van der Waals surface area (Å²) in [5, 5.41) is 13.9. The van der Waals surface area contributed by atoms with Crippen LogP contribution >= 0.6 is 22.9 Å². The van der Waals surface area contributed by atoms with E-state index in [2.05, 4.69) is 36.2 Å². The first-order valence-electron chi connectivity index (χ1n) is 12.4. The number of rotatable bonds is 9. The molecule has 1 amide bonds. The molecule has 2 heterocycles. The second kappa shape index (κ2) is 14.7. The van der Waals surface area contributed by atoms with E-state index in [-0.39, 0.29) is 5.91 Å². The molecular formula is C27H34ClN7O2S. The second-order valence-electron chi connectivity index (χ2n) is 8.87. The number of likely N-dealkylation sites (N-methyl/N-ethyl adjacent to an activating group) is 1. The Balaban J connectivity index is 0.000000223. The summed E-state index contributed by atoms with van der Waals surface area (Å²) in [6.45, 7) is 4.63. The first-order chi connectivity index (χ1) is 18.3. The summed E-state index contributed by atoms with van der Waals surface area (Å²) in [5.74, 6) is 0.459. The molecular weight excluding hydrogens is 522 g/mol. The van der Waals surface area contributed by atoms with E-state index in [1.807, 2.05) is 20.9 Å². The summed E-state index contributed by atoms with van der Waals surface area (Å²) in [4.78, 5) is 36.2. The number of carbonyl (C=O) groups is 2. The SMILES string of the molecule is CNC/C=C/C(=O)Nc1ccc(C=O)cc1.CNC1CCC(Nc2ncc(Cl)c(-c3sc(C)nc3C)n2)C1. The van der Waals surface area contributed by atoms with Crippen molar-refractivity contribution < 1.29 is 9.59 Å². The molecule has 9 nitrogen and oxygen atoms in total. The van der Waals surface area contributed by atoms with Crippen molar-refractivity contribution >= 4 is 46.8 Å². The van der Waals surface area contributed by atoms with Crippen LogP contribution < -0.4 is 21.3 Å². The molecule has 2 aromatic heterocycles. The van der Waals surface area contributed by atoms with Gasteiger partial charge in [0, 0.05) is 36.0 Å². The zero-order valence-corrected chi connectivity index (χ0v) is 23.6. The number of aromatic nitrogens is 3. The van der Waals surface area contributed by atoms with Crippen LogP contribution in [0.1, 0.15) is 40.3 Å². The van der Waals surface area contributed by atoms with Crippen molar-refractivity contribution in [3.05, 3.63) is 63.9 Å². The third-order valence-electron chi connectivity index (χ3n) is 5.94. The molecule has 4 N–H and O–H groups in total. The van der Waals surface area contributed by atoms with Gasteiger partial charge in [-0.3, -0.25) is 9.59 Å². The van der Waals surface area contributed by atoms with Gasteiger partial charge in [-0.15, -0.1) is 11.3 Å². The number of anilines is 2. The minimum Gasteiger partial charge on any atom is -0.351 e. The Bertz CT molecular complexity index is 1250. The molecule has 0 bridgehead atoms. The molecule has 2 atom stereocenters. The summed E-state index contributed by atoms with van der Waals surface area (Å²) in [6.07, 6.45) is 9.03. The molecule has 202 valence electrons. The van der Waals surface area contributed by atoms with Crippen molar-refractivity contribution in [2.24, 2.45) is 0 Å². The van der Waals surface area contributed by atoms with Gasteiger partial charge in [-0.05, 0) is 71.5 Å². The second-order valence-corrected chi connectivity index (χ2v) is 10.5. The predicted octanol–water partition coefficient (Wildman–Crippen LogP) is 4.64. The molecule has 0 spiro atoms. The number of hydrogen-bond acceptors (Lipinski definition) is 9. The largest absolute Gasteiger partial charge is 0.351 e. The highest BCUT2D eigenvalue weighted by atomic mass is 35.5. The first-order valence-corrected chi connectivity index (χ1v) is 13.6. The molecule has 1 aromatic carbocycles. The number of aryl methyl sites for hydroxylation is 2. The zero-order valence-electron chi connectivity index (χ0n) is 22.0. The van der Waals surface area contributed by atoms with E-state index in [1.54, 1.807) is 54.9 Å². The van der Waals surface area contributed by atoms with Crippen molar-refractivity contribution in [2.75, 3.05) is 31.3 Å². The third kappa shape index (κ3) is 8.70. The molecule has 0 radical (unpaired) electrons. The van der Waals surface area contributed by atoms with Crippen LogP contribution in [-0.2, 0) is 4.79 Å². The Morgan fingerprint density at radius 3 is 2.47 bits per heavy atom. The van der Waals surface area contributed by atoms with Crippen LogP contribution in [0.3, 0.4) is 0 Å². The lowest BCUT2D eigenvalue weighted by Gasteiger charge is -2.14. The number of nitrogens with zero attached hydrogens (tertiary/aromatic N) is 3. The van der Waals surface area contributed by atoms with Gasteiger partial charge >= 0.3 is 0 Å². The topological polar surface area (TPSA) is 121 Å². The van der Waals surface area contributed by atoms with Gasteiger partial charge in [-0.1, -0.05) is 17.7 Å². The summed E-state index contributed by atoms with van der Waals surface area (Å²) in [7, 11) is 3.82. The van der Waals surface area contributed by atoms with Gasteiger partial charge in [-0.2, -0.15) is 0 Å². The molecule has 11 heteroatoms. The number of hydrogen-bond donors (Lipinski definition) is 4. The number of amides is 1. The van der Waals surface area contributed by atoms with Gasteiger partial charge in [-0.25, -0.2) is 15.0 Å². The number of carbonyl (C=O) groups excluding carboxylic acids is 2. The predicted molar refractivity (Wildman–Crippen MR) is 155 cm³/mol. The van der Waals surface area contributed by atoms with Crippen molar-refractivity contribution in [3.63, 3.8) is 0 Å². The van der Waals surface area contributed by atoms with Crippen molar-refractivity contribution in [3.8, 4) is 10.6 Å². The van der Waals surface area contributed by atoms with Gasteiger partial charge in [0.15, 0.2) is 0 Å². The molecule has 3 aromatic rings.